The molecule has 0 unspecified atom stereocenters. The molecule has 0 spiro atoms. The molecule has 1 saturated carbocycles. The lowest BCUT2D eigenvalue weighted by atomic mass is 9.87. The maximum absolute atomic E-state index is 13.0. The molecule has 0 amide bonds. The fourth-order valence-electron chi connectivity index (χ4n) is 5.65. The fraction of sp³-hybridized carbons (Fsp3) is 0.464. The van der Waals surface area contributed by atoms with Gasteiger partial charge >= 0.3 is 0 Å². The number of carbonyl (C=O) groups excluding carboxylic acids is 1. The maximum Gasteiger partial charge on any atom is 0.253 e. The van der Waals surface area contributed by atoms with Crippen LogP contribution in [0.4, 0.5) is 0 Å². The molecule has 1 aliphatic carbocycles. The molecule has 1 saturated heterocycles. The fourth-order valence-corrected chi connectivity index (χ4v) is 10.6. The SMILES string of the molecule is C[C@H]1C(=O)[C@H](C)[C@@]2(S[C@H]3CCCC[C@@H]3O[Si](C)(c3ccccc3)c3ccccc3)C=C[C@@H]1O2. The second-order valence-electron chi connectivity index (χ2n) is 9.94. The Balaban J connectivity index is 1.44. The molecule has 2 heterocycles. The van der Waals surface area contributed by atoms with E-state index in [4.69, 9.17) is 9.16 Å². The van der Waals surface area contributed by atoms with Gasteiger partial charge in [-0.05, 0) is 35.8 Å². The van der Waals surface area contributed by atoms with E-state index in [1.165, 1.54) is 23.2 Å². The molecule has 0 radical (unpaired) electrons. The maximum atomic E-state index is 13.0. The first-order chi connectivity index (χ1) is 15.9. The first-order valence-corrected chi connectivity index (χ1v) is 15.6. The Bertz CT molecular complexity index is 971. The van der Waals surface area contributed by atoms with Gasteiger partial charge in [0.05, 0.1) is 18.1 Å². The highest BCUT2D eigenvalue weighted by Gasteiger charge is 2.54. The van der Waals surface area contributed by atoms with E-state index in [0.29, 0.717) is 11.0 Å². The average Bonchev–Trinajstić information content (AvgIpc) is 3.26. The molecule has 174 valence electrons. The van der Waals surface area contributed by atoms with Crippen LogP contribution in [-0.4, -0.2) is 36.5 Å². The molecular formula is C28H34O3SSi. The molecule has 0 N–H and O–H groups in total. The van der Waals surface area contributed by atoms with Crippen molar-refractivity contribution < 1.29 is 14.0 Å². The molecular weight excluding hydrogens is 444 g/mol. The van der Waals surface area contributed by atoms with E-state index >= 15 is 0 Å². The third kappa shape index (κ3) is 4.18. The van der Waals surface area contributed by atoms with Crippen molar-refractivity contribution in [3.63, 3.8) is 0 Å². The smallest absolute Gasteiger partial charge is 0.253 e. The van der Waals surface area contributed by atoms with Crippen molar-refractivity contribution in [2.75, 3.05) is 0 Å². The second-order valence-corrected chi connectivity index (χ2v) is 14.9. The zero-order chi connectivity index (χ0) is 23.1. The van der Waals surface area contributed by atoms with Gasteiger partial charge in [-0.25, -0.2) is 0 Å². The number of fused-ring (bicyclic) bond motifs is 2. The molecule has 33 heavy (non-hydrogen) atoms. The lowest BCUT2D eigenvalue weighted by Crippen LogP contribution is -2.61. The number of thioether (sulfide) groups is 1. The number of Topliss-reactive ketones (excluding diaryl/α,β-unsaturated/α-hetero) is 1. The molecule has 6 atom stereocenters. The normalized spacial score (nSPS) is 33.9. The van der Waals surface area contributed by atoms with E-state index in [9.17, 15) is 4.79 Å². The lowest BCUT2D eigenvalue weighted by molar-refractivity contribution is -0.146. The van der Waals surface area contributed by atoms with Gasteiger partial charge < -0.3 is 9.16 Å². The Kier molecular flexibility index (Phi) is 6.42. The van der Waals surface area contributed by atoms with Crippen molar-refractivity contribution in [1.82, 2.24) is 0 Å². The molecule has 0 aromatic heterocycles. The van der Waals surface area contributed by atoms with E-state index in [1.54, 1.807) is 0 Å². The van der Waals surface area contributed by atoms with Crippen LogP contribution in [0.15, 0.2) is 72.8 Å². The summed E-state index contributed by atoms with van der Waals surface area (Å²) in [5.41, 5.74) is 0. The molecule has 3 nitrogen and oxygen atoms in total. The number of benzene rings is 2. The number of rotatable bonds is 6. The van der Waals surface area contributed by atoms with Crippen LogP contribution in [0.3, 0.4) is 0 Å². The highest BCUT2D eigenvalue weighted by Crippen LogP contribution is 2.51. The Morgan fingerprint density at radius 2 is 1.58 bits per heavy atom. The summed E-state index contributed by atoms with van der Waals surface area (Å²) in [4.78, 5) is 12.4. The van der Waals surface area contributed by atoms with Crippen molar-refractivity contribution in [2.45, 2.75) is 68.5 Å². The predicted molar refractivity (Wildman–Crippen MR) is 139 cm³/mol. The number of hydrogen-bond acceptors (Lipinski definition) is 4. The predicted octanol–water partition coefficient (Wildman–Crippen LogP) is 4.94. The molecule has 2 fully saturated rings. The van der Waals surface area contributed by atoms with Gasteiger partial charge in [0.15, 0.2) is 0 Å². The van der Waals surface area contributed by atoms with Gasteiger partial charge in [-0.1, -0.05) is 93.4 Å². The number of carbonyl (C=O) groups is 1. The second kappa shape index (κ2) is 9.18. The number of ether oxygens (including phenoxy) is 1. The Morgan fingerprint density at radius 3 is 2.21 bits per heavy atom. The van der Waals surface area contributed by atoms with Crippen LogP contribution in [0.5, 0.6) is 0 Å². The Morgan fingerprint density at radius 1 is 0.970 bits per heavy atom. The summed E-state index contributed by atoms with van der Waals surface area (Å²) < 4.78 is 13.8. The number of ketones is 1. The summed E-state index contributed by atoms with van der Waals surface area (Å²) in [5, 5.41) is 2.91. The van der Waals surface area contributed by atoms with Crippen LogP contribution in [0, 0.1) is 11.8 Å². The van der Waals surface area contributed by atoms with Gasteiger partial charge in [0.25, 0.3) is 8.32 Å². The van der Waals surface area contributed by atoms with E-state index in [2.05, 4.69) is 79.4 Å². The standard InChI is InChI=1S/C28H34O3SSi/c1-20-24-18-19-28(30-24,21(2)27(20)29)32-26-17-11-10-16-25(26)31-33(3,22-12-6-4-7-13-22)23-14-8-5-9-15-23/h4-9,12-15,18-21,24-26H,10-11,16-17H2,1-3H3/t20-,21+,24+,25+,26+,28+/m1/s1. The van der Waals surface area contributed by atoms with Crippen molar-refractivity contribution in [2.24, 2.45) is 11.8 Å². The summed E-state index contributed by atoms with van der Waals surface area (Å²) in [7, 11) is -2.40. The highest BCUT2D eigenvalue weighted by molar-refractivity contribution is 8.01. The molecule has 5 rings (SSSR count). The minimum absolute atomic E-state index is 0.0577. The van der Waals surface area contributed by atoms with Gasteiger partial charge in [0.2, 0.25) is 0 Å². The highest BCUT2D eigenvalue weighted by atomic mass is 32.2. The first-order valence-electron chi connectivity index (χ1n) is 12.3. The van der Waals surface area contributed by atoms with E-state index in [-0.39, 0.29) is 24.0 Å². The van der Waals surface area contributed by atoms with E-state index in [1.807, 2.05) is 25.6 Å². The van der Waals surface area contributed by atoms with Gasteiger partial charge in [0, 0.05) is 11.2 Å². The summed E-state index contributed by atoms with van der Waals surface area (Å²) in [6.07, 6.45) is 8.90. The number of hydrogen-bond donors (Lipinski definition) is 0. The third-order valence-corrected chi connectivity index (χ3v) is 13.3. The van der Waals surface area contributed by atoms with Crippen LogP contribution in [-0.2, 0) is 14.0 Å². The van der Waals surface area contributed by atoms with E-state index in [0.717, 1.165) is 12.8 Å². The van der Waals surface area contributed by atoms with Crippen LogP contribution < -0.4 is 10.4 Å². The van der Waals surface area contributed by atoms with Crippen LogP contribution >= 0.6 is 11.8 Å². The average molecular weight is 479 g/mol. The first kappa shape index (κ1) is 23.1. The largest absolute Gasteiger partial charge is 0.404 e. The third-order valence-electron chi connectivity index (χ3n) is 7.82. The van der Waals surface area contributed by atoms with Gasteiger partial charge in [-0.15, -0.1) is 11.8 Å². The Hall–Kier alpha value is -1.66. The zero-order valence-electron chi connectivity index (χ0n) is 19.8. The molecule has 2 aromatic rings. The van der Waals surface area contributed by atoms with Crippen molar-refractivity contribution in [3.05, 3.63) is 72.8 Å². The van der Waals surface area contributed by atoms with Crippen molar-refractivity contribution >= 4 is 36.2 Å². The minimum Gasteiger partial charge on any atom is -0.404 e. The molecule has 2 bridgehead atoms. The summed E-state index contributed by atoms with van der Waals surface area (Å²) in [5.74, 6) is 0.129. The molecule has 5 heteroatoms. The zero-order valence-corrected chi connectivity index (χ0v) is 21.6. The lowest BCUT2D eigenvalue weighted by Gasteiger charge is -2.45. The van der Waals surface area contributed by atoms with Crippen LogP contribution in [0.2, 0.25) is 6.55 Å². The van der Waals surface area contributed by atoms with Crippen molar-refractivity contribution in [1.29, 1.82) is 0 Å². The van der Waals surface area contributed by atoms with Crippen molar-refractivity contribution in [3.8, 4) is 0 Å². The monoisotopic (exact) mass is 478 g/mol. The minimum atomic E-state index is -2.40. The summed E-state index contributed by atoms with van der Waals surface area (Å²) >= 11 is 1.85. The summed E-state index contributed by atoms with van der Waals surface area (Å²) in [6, 6.07) is 21.5. The quantitative estimate of drug-likeness (QED) is 0.435. The molecule has 3 aliphatic rings. The van der Waals surface area contributed by atoms with Gasteiger partial charge in [-0.3, -0.25) is 4.79 Å². The van der Waals surface area contributed by atoms with E-state index < -0.39 is 13.3 Å². The van der Waals surface area contributed by atoms with Crippen LogP contribution in [0.1, 0.15) is 39.5 Å². The summed E-state index contributed by atoms with van der Waals surface area (Å²) in [6.45, 7) is 6.38. The van der Waals surface area contributed by atoms with Crippen LogP contribution in [0.25, 0.3) is 0 Å². The Labute approximate surface area is 203 Å². The molecule has 2 aromatic carbocycles. The van der Waals surface area contributed by atoms with Gasteiger partial charge in [0.1, 0.15) is 10.7 Å². The van der Waals surface area contributed by atoms with Gasteiger partial charge in [-0.2, -0.15) is 0 Å². The molecule has 2 aliphatic heterocycles. The topological polar surface area (TPSA) is 35.5 Å².